The molecule has 0 saturated heterocycles. The fourth-order valence-corrected chi connectivity index (χ4v) is 3.67. The lowest BCUT2D eigenvalue weighted by Crippen LogP contribution is -2.33. The van der Waals surface area contributed by atoms with Gasteiger partial charge in [-0.3, -0.25) is 4.79 Å². The van der Waals surface area contributed by atoms with Crippen LogP contribution in [0.25, 0.3) is 0 Å². The first kappa shape index (κ1) is 11.3. The Kier molecular flexibility index (Phi) is 3.19. The molecule has 2 nitrogen and oxygen atoms in total. The van der Waals surface area contributed by atoms with Crippen LogP contribution >= 0.6 is 11.3 Å². The summed E-state index contributed by atoms with van der Waals surface area (Å²) in [5.41, 5.74) is 0. The molecule has 0 aliphatic heterocycles. The number of amides is 1. The van der Waals surface area contributed by atoms with Gasteiger partial charge in [0.2, 0.25) is 5.91 Å². The Labute approximate surface area is 106 Å². The van der Waals surface area contributed by atoms with E-state index < -0.39 is 0 Å². The molecule has 0 bridgehead atoms. The number of hydrogen-bond donors (Lipinski definition) is 1. The first-order chi connectivity index (χ1) is 8.34. The fraction of sp³-hybridized carbons (Fsp3) is 0.643. The van der Waals surface area contributed by atoms with Gasteiger partial charge in [-0.05, 0) is 43.0 Å². The highest BCUT2D eigenvalue weighted by Gasteiger charge is 2.34. The van der Waals surface area contributed by atoms with Gasteiger partial charge >= 0.3 is 0 Å². The zero-order chi connectivity index (χ0) is 11.7. The zero-order valence-electron chi connectivity index (χ0n) is 10.0. The van der Waals surface area contributed by atoms with Gasteiger partial charge in [-0.1, -0.05) is 18.9 Å². The van der Waals surface area contributed by atoms with E-state index in [4.69, 9.17) is 0 Å². The molecule has 0 radical (unpaired) electrons. The first-order valence-electron chi connectivity index (χ1n) is 6.68. The summed E-state index contributed by atoms with van der Waals surface area (Å²) in [6.07, 6.45) is 7.38. The van der Waals surface area contributed by atoms with Gasteiger partial charge in [0.1, 0.15) is 0 Å². The molecule has 2 fully saturated rings. The fourth-order valence-electron chi connectivity index (χ4n) is 2.80. The lowest BCUT2D eigenvalue weighted by atomic mass is 9.96. The predicted molar refractivity (Wildman–Crippen MR) is 69.9 cm³/mol. The minimum absolute atomic E-state index is 0.283. The van der Waals surface area contributed by atoms with Gasteiger partial charge in [0.05, 0.1) is 6.04 Å². The van der Waals surface area contributed by atoms with Crippen LogP contribution < -0.4 is 5.32 Å². The Morgan fingerprint density at radius 3 is 2.65 bits per heavy atom. The van der Waals surface area contributed by atoms with Crippen LogP contribution in [0.3, 0.4) is 0 Å². The van der Waals surface area contributed by atoms with Gasteiger partial charge in [-0.2, -0.15) is 0 Å². The summed E-state index contributed by atoms with van der Waals surface area (Å²) in [7, 11) is 0. The molecule has 17 heavy (non-hydrogen) atoms. The number of thiophene rings is 1. The smallest absolute Gasteiger partial charge is 0.223 e. The zero-order valence-corrected chi connectivity index (χ0v) is 10.8. The monoisotopic (exact) mass is 249 g/mol. The van der Waals surface area contributed by atoms with Crippen LogP contribution in [0.2, 0.25) is 0 Å². The molecule has 1 heterocycles. The molecule has 3 heteroatoms. The van der Waals surface area contributed by atoms with Crippen LogP contribution in [0, 0.1) is 11.8 Å². The third kappa shape index (κ3) is 2.54. The van der Waals surface area contributed by atoms with Gasteiger partial charge in [0, 0.05) is 10.8 Å². The van der Waals surface area contributed by atoms with E-state index in [0.29, 0.717) is 11.8 Å². The standard InChI is InChI=1S/C14H19NOS/c16-14(11-7-8-11)15-13(10-4-1-2-5-10)12-6-3-9-17-12/h3,6,9-11,13H,1-2,4-5,7-8H2,(H,15,16)/t13-/m0/s1. The number of carbonyl (C=O) groups is 1. The van der Waals surface area contributed by atoms with Crippen molar-refractivity contribution in [3.05, 3.63) is 22.4 Å². The van der Waals surface area contributed by atoms with Crippen LogP contribution in [0.1, 0.15) is 49.4 Å². The average Bonchev–Trinajstić information content (AvgIpc) is 2.84. The van der Waals surface area contributed by atoms with E-state index in [2.05, 4.69) is 22.8 Å². The third-order valence-corrected chi connectivity index (χ3v) is 4.92. The van der Waals surface area contributed by atoms with Gasteiger partial charge in [-0.15, -0.1) is 11.3 Å². The van der Waals surface area contributed by atoms with E-state index in [9.17, 15) is 4.79 Å². The highest BCUT2D eigenvalue weighted by Crippen LogP contribution is 2.38. The second kappa shape index (κ2) is 4.81. The lowest BCUT2D eigenvalue weighted by molar-refractivity contribution is -0.123. The van der Waals surface area contributed by atoms with Crippen molar-refractivity contribution in [2.45, 2.75) is 44.6 Å². The van der Waals surface area contributed by atoms with Gasteiger partial charge in [0.15, 0.2) is 0 Å². The number of rotatable bonds is 4. The van der Waals surface area contributed by atoms with E-state index in [-0.39, 0.29) is 11.9 Å². The summed E-state index contributed by atoms with van der Waals surface area (Å²) in [5.74, 6) is 1.27. The normalized spacial score (nSPS) is 22.6. The van der Waals surface area contributed by atoms with Gasteiger partial charge in [0.25, 0.3) is 0 Å². The van der Waals surface area contributed by atoms with Crippen molar-refractivity contribution in [2.24, 2.45) is 11.8 Å². The topological polar surface area (TPSA) is 29.1 Å². The molecule has 92 valence electrons. The third-order valence-electron chi connectivity index (χ3n) is 3.97. The molecule has 1 aromatic rings. The van der Waals surface area contributed by atoms with E-state index in [1.165, 1.54) is 30.6 Å². The molecular formula is C14H19NOS. The Hall–Kier alpha value is -0.830. The number of carbonyl (C=O) groups excluding carboxylic acids is 1. The molecule has 2 aliphatic carbocycles. The molecule has 0 unspecified atom stereocenters. The first-order valence-corrected chi connectivity index (χ1v) is 7.56. The number of hydrogen-bond acceptors (Lipinski definition) is 2. The van der Waals surface area contributed by atoms with Crippen LogP contribution in [0.15, 0.2) is 17.5 Å². The molecule has 0 spiro atoms. The van der Waals surface area contributed by atoms with E-state index >= 15 is 0 Å². The van der Waals surface area contributed by atoms with Crippen LogP contribution in [-0.2, 0) is 4.79 Å². The summed E-state index contributed by atoms with van der Waals surface area (Å²) >= 11 is 1.78. The van der Waals surface area contributed by atoms with Crippen LogP contribution in [0.5, 0.6) is 0 Å². The molecule has 1 atom stereocenters. The number of nitrogens with one attached hydrogen (secondary N) is 1. The van der Waals surface area contributed by atoms with Crippen LogP contribution in [0.4, 0.5) is 0 Å². The average molecular weight is 249 g/mol. The quantitative estimate of drug-likeness (QED) is 0.869. The summed E-state index contributed by atoms with van der Waals surface area (Å²) < 4.78 is 0. The van der Waals surface area contributed by atoms with Crippen molar-refractivity contribution < 1.29 is 4.79 Å². The van der Waals surface area contributed by atoms with Gasteiger partial charge < -0.3 is 5.32 Å². The Bertz CT molecular complexity index is 377. The Balaban J connectivity index is 1.73. The SMILES string of the molecule is O=C(N[C@H](c1cccs1)C1CCCC1)C1CC1. The van der Waals surface area contributed by atoms with Crippen molar-refractivity contribution >= 4 is 17.2 Å². The van der Waals surface area contributed by atoms with Gasteiger partial charge in [-0.25, -0.2) is 0 Å². The molecule has 2 saturated carbocycles. The minimum Gasteiger partial charge on any atom is -0.348 e. The maximum atomic E-state index is 12.0. The molecule has 2 aliphatic rings. The molecule has 3 rings (SSSR count). The second-order valence-corrected chi connectivity index (χ2v) is 6.30. The van der Waals surface area contributed by atoms with E-state index in [1.54, 1.807) is 11.3 Å². The molecule has 1 N–H and O–H groups in total. The highest BCUT2D eigenvalue weighted by molar-refractivity contribution is 7.10. The summed E-state index contributed by atoms with van der Waals surface area (Å²) in [4.78, 5) is 13.3. The van der Waals surface area contributed by atoms with Crippen molar-refractivity contribution in [3.63, 3.8) is 0 Å². The molecule has 0 aromatic carbocycles. The van der Waals surface area contributed by atoms with Crippen LogP contribution in [-0.4, -0.2) is 5.91 Å². The molecule has 1 aromatic heterocycles. The van der Waals surface area contributed by atoms with Crippen molar-refractivity contribution in [2.75, 3.05) is 0 Å². The van der Waals surface area contributed by atoms with E-state index in [1.807, 2.05) is 0 Å². The maximum absolute atomic E-state index is 12.0. The van der Waals surface area contributed by atoms with E-state index in [0.717, 1.165) is 12.8 Å². The van der Waals surface area contributed by atoms with Crippen molar-refractivity contribution in [1.29, 1.82) is 0 Å². The Morgan fingerprint density at radius 2 is 2.06 bits per heavy atom. The highest BCUT2D eigenvalue weighted by atomic mass is 32.1. The predicted octanol–water partition coefficient (Wildman–Crippen LogP) is 3.51. The lowest BCUT2D eigenvalue weighted by Gasteiger charge is -2.23. The minimum atomic E-state index is 0.283. The summed E-state index contributed by atoms with van der Waals surface area (Å²) in [6, 6.07) is 4.54. The van der Waals surface area contributed by atoms with Crippen molar-refractivity contribution in [3.8, 4) is 0 Å². The summed E-state index contributed by atoms with van der Waals surface area (Å²) in [5, 5.41) is 5.41. The van der Waals surface area contributed by atoms with Crippen molar-refractivity contribution in [1.82, 2.24) is 5.32 Å². The maximum Gasteiger partial charge on any atom is 0.223 e. The molecule has 1 amide bonds. The second-order valence-electron chi connectivity index (χ2n) is 5.32. The Morgan fingerprint density at radius 1 is 1.29 bits per heavy atom. The largest absolute Gasteiger partial charge is 0.348 e. The molecular weight excluding hydrogens is 230 g/mol. The summed E-state index contributed by atoms with van der Waals surface area (Å²) in [6.45, 7) is 0.